The average molecular weight is 390 g/mol. The van der Waals surface area contributed by atoms with Crippen LogP contribution in [0.3, 0.4) is 0 Å². The molecule has 0 aliphatic rings. The molecule has 0 aliphatic carbocycles. The minimum atomic E-state index is -3.72. The van der Waals surface area contributed by atoms with Crippen LogP contribution in [-0.4, -0.2) is 8.42 Å². The Morgan fingerprint density at radius 3 is 2.24 bits per heavy atom. The number of hydrogen-bond acceptors (Lipinski definition) is 3. The van der Waals surface area contributed by atoms with Crippen LogP contribution >= 0.6 is 27.5 Å². The number of halogens is 2. The van der Waals surface area contributed by atoms with E-state index in [1.165, 1.54) is 18.2 Å². The Bertz CT molecular complexity index is 784. The first kappa shape index (κ1) is 16.1. The van der Waals surface area contributed by atoms with E-state index in [1.807, 2.05) is 26.0 Å². The van der Waals surface area contributed by atoms with Gasteiger partial charge >= 0.3 is 0 Å². The molecule has 4 nitrogen and oxygen atoms in total. The van der Waals surface area contributed by atoms with Gasteiger partial charge in [-0.3, -0.25) is 4.72 Å². The molecule has 2 rings (SSSR count). The Hall–Kier alpha value is -1.24. The molecule has 0 aromatic heterocycles. The van der Waals surface area contributed by atoms with E-state index in [-0.39, 0.29) is 9.92 Å². The summed E-state index contributed by atoms with van der Waals surface area (Å²) < 4.78 is 28.4. The molecule has 3 N–H and O–H groups in total. The van der Waals surface area contributed by atoms with Gasteiger partial charge < -0.3 is 5.73 Å². The van der Waals surface area contributed by atoms with Crippen molar-refractivity contribution in [1.29, 1.82) is 0 Å². The second-order valence-corrected chi connectivity index (χ2v) is 7.71. The summed E-state index contributed by atoms with van der Waals surface area (Å²) in [6.45, 7) is 3.68. The fraction of sp³-hybridized carbons (Fsp3) is 0.143. The third-order valence-electron chi connectivity index (χ3n) is 3.02. The fourth-order valence-electron chi connectivity index (χ4n) is 1.94. The number of benzene rings is 2. The van der Waals surface area contributed by atoms with Crippen molar-refractivity contribution in [3.63, 3.8) is 0 Å². The molecule has 0 bridgehead atoms. The van der Waals surface area contributed by atoms with Crippen LogP contribution in [0.2, 0.25) is 5.02 Å². The highest BCUT2D eigenvalue weighted by molar-refractivity contribution is 9.10. The van der Waals surface area contributed by atoms with E-state index in [0.717, 1.165) is 15.6 Å². The molecule has 0 heterocycles. The molecule has 2 aromatic carbocycles. The van der Waals surface area contributed by atoms with Gasteiger partial charge in [-0.25, -0.2) is 8.42 Å². The van der Waals surface area contributed by atoms with Crippen LogP contribution in [0.1, 0.15) is 11.1 Å². The Morgan fingerprint density at radius 1 is 1.14 bits per heavy atom. The summed E-state index contributed by atoms with van der Waals surface area (Å²) in [7, 11) is -3.72. The van der Waals surface area contributed by atoms with Gasteiger partial charge in [0, 0.05) is 4.47 Å². The van der Waals surface area contributed by atoms with Gasteiger partial charge in [-0.15, -0.1) is 0 Å². The Kier molecular flexibility index (Phi) is 4.51. The highest BCUT2D eigenvalue weighted by Crippen LogP contribution is 2.29. The normalized spacial score (nSPS) is 11.4. The molecule has 0 amide bonds. The predicted octanol–water partition coefficient (Wildman–Crippen LogP) is 4.10. The Morgan fingerprint density at radius 2 is 1.71 bits per heavy atom. The quantitative estimate of drug-likeness (QED) is 0.776. The first-order chi connectivity index (χ1) is 9.70. The lowest BCUT2D eigenvalue weighted by Gasteiger charge is -2.14. The first-order valence-electron chi connectivity index (χ1n) is 6.05. The topological polar surface area (TPSA) is 72.2 Å². The molecular formula is C14H14BrClN2O2S. The van der Waals surface area contributed by atoms with Gasteiger partial charge in [0.25, 0.3) is 10.0 Å². The van der Waals surface area contributed by atoms with E-state index >= 15 is 0 Å². The highest BCUT2D eigenvalue weighted by atomic mass is 79.9. The molecule has 7 heteroatoms. The zero-order valence-electron chi connectivity index (χ0n) is 11.4. The third-order valence-corrected chi connectivity index (χ3v) is 5.15. The molecule has 0 saturated carbocycles. The monoisotopic (exact) mass is 388 g/mol. The van der Waals surface area contributed by atoms with E-state index < -0.39 is 10.0 Å². The second kappa shape index (κ2) is 5.87. The van der Waals surface area contributed by atoms with Gasteiger partial charge in [0.1, 0.15) is 0 Å². The number of hydrogen-bond donors (Lipinski definition) is 2. The van der Waals surface area contributed by atoms with Crippen LogP contribution in [0, 0.1) is 13.8 Å². The summed E-state index contributed by atoms with van der Waals surface area (Å²) in [5.74, 6) is 0. The third kappa shape index (κ3) is 3.51. The highest BCUT2D eigenvalue weighted by Gasteiger charge is 2.18. The molecular weight excluding hydrogens is 376 g/mol. The van der Waals surface area contributed by atoms with Crippen molar-refractivity contribution in [3.8, 4) is 0 Å². The van der Waals surface area contributed by atoms with Crippen molar-refractivity contribution in [2.24, 2.45) is 0 Å². The summed E-state index contributed by atoms with van der Waals surface area (Å²) in [6, 6.07) is 7.93. The lowest BCUT2D eigenvalue weighted by molar-refractivity contribution is 0.601. The lowest BCUT2D eigenvalue weighted by atomic mass is 10.1. The van der Waals surface area contributed by atoms with Crippen molar-refractivity contribution in [3.05, 3.63) is 51.0 Å². The first-order valence-corrected chi connectivity index (χ1v) is 8.71. The summed E-state index contributed by atoms with van der Waals surface area (Å²) in [4.78, 5) is 0.0726. The van der Waals surface area contributed by atoms with Crippen molar-refractivity contribution < 1.29 is 8.42 Å². The smallest absolute Gasteiger partial charge is 0.261 e. The zero-order valence-corrected chi connectivity index (χ0v) is 14.6. The summed E-state index contributed by atoms with van der Waals surface area (Å²) in [5, 5.41) is 0.210. The Balaban J connectivity index is 2.44. The number of rotatable bonds is 3. The molecule has 0 fully saturated rings. The van der Waals surface area contributed by atoms with E-state index in [1.54, 1.807) is 0 Å². The molecule has 0 radical (unpaired) electrons. The largest absolute Gasteiger partial charge is 0.398 e. The average Bonchev–Trinajstić information content (AvgIpc) is 2.37. The van der Waals surface area contributed by atoms with E-state index in [2.05, 4.69) is 20.7 Å². The number of anilines is 2. The molecule has 0 unspecified atom stereocenters. The van der Waals surface area contributed by atoms with Crippen molar-refractivity contribution >= 4 is 48.9 Å². The number of aryl methyl sites for hydroxylation is 2. The van der Waals surface area contributed by atoms with Gasteiger partial charge in [-0.05, 0) is 55.3 Å². The SMILES string of the molecule is Cc1cc(Br)cc(C)c1NS(=O)(=O)c1ccc(N)c(Cl)c1. The number of nitrogen functional groups attached to an aromatic ring is 1. The van der Waals surface area contributed by atoms with Crippen LogP contribution in [0.4, 0.5) is 11.4 Å². The maximum absolute atomic E-state index is 12.4. The van der Waals surface area contributed by atoms with Crippen LogP contribution in [0.5, 0.6) is 0 Å². The minimum Gasteiger partial charge on any atom is -0.398 e. The number of nitrogens with one attached hydrogen (secondary N) is 1. The molecule has 21 heavy (non-hydrogen) atoms. The molecule has 112 valence electrons. The van der Waals surface area contributed by atoms with Gasteiger partial charge in [-0.2, -0.15) is 0 Å². The molecule has 0 saturated heterocycles. The van der Waals surface area contributed by atoms with Crippen molar-refractivity contribution in [2.45, 2.75) is 18.7 Å². The summed E-state index contributed by atoms with van der Waals surface area (Å²) in [5.41, 5.74) is 8.15. The standard InChI is InChI=1S/C14H14BrClN2O2S/c1-8-5-10(15)6-9(2)14(8)18-21(19,20)11-3-4-13(17)12(16)7-11/h3-7,18H,17H2,1-2H3. The van der Waals surface area contributed by atoms with Gasteiger partial charge in [0.2, 0.25) is 0 Å². The van der Waals surface area contributed by atoms with Crippen LogP contribution in [0.15, 0.2) is 39.7 Å². The van der Waals surface area contributed by atoms with E-state index in [9.17, 15) is 8.42 Å². The maximum Gasteiger partial charge on any atom is 0.261 e. The lowest BCUT2D eigenvalue weighted by Crippen LogP contribution is -2.15. The Labute approximate surface area is 137 Å². The van der Waals surface area contributed by atoms with Crippen molar-refractivity contribution in [2.75, 3.05) is 10.5 Å². The second-order valence-electron chi connectivity index (χ2n) is 4.70. The van der Waals surface area contributed by atoms with Crippen LogP contribution in [-0.2, 0) is 10.0 Å². The number of nitrogens with two attached hydrogens (primary N) is 1. The molecule has 0 aliphatic heterocycles. The van der Waals surface area contributed by atoms with Gasteiger partial charge in [-0.1, -0.05) is 27.5 Å². The summed E-state index contributed by atoms with van der Waals surface area (Å²) >= 11 is 9.26. The van der Waals surface area contributed by atoms with Gasteiger partial charge in [0.05, 0.1) is 21.3 Å². The van der Waals surface area contributed by atoms with Crippen LogP contribution < -0.4 is 10.5 Å². The number of sulfonamides is 1. The molecule has 0 atom stereocenters. The maximum atomic E-state index is 12.4. The summed E-state index contributed by atoms with van der Waals surface area (Å²) in [6.07, 6.45) is 0. The van der Waals surface area contributed by atoms with Crippen molar-refractivity contribution in [1.82, 2.24) is 0 Å². The fourth-order valence-corrected chi connectivity index (χ4v) is 4.10. The van der Waals surface area contributed by atoms with E-state index in [0.29, 0.717) is 11.4 Å². The van der Waals surface area contributed by atoms with Crippen LogP contribution in [0.25, 0.3) is 0 Å². The molecule has 0 spiro atoms. The minimum absolute atomic E-state index is 0.0726. The van der Waals surface area contributed by atoms with Gasteiger partial charge in [0.15, 0.2) is 0 Å². The predicted molar refractivity (Wildman–Crippen MR) is 90.3 cm³/mol. The zero-order chi connectivity index (χ0) is 15.8. The van der Waals surface area contributed by atoms with E-state index in [4.69, 9.17) is 17.3 Å². The molecule has 2 aromatic rings.